The molecule has 1 fully saturated rings. The molecule has 3 aliphatic rings. The van der Waals surface area contributed by atoms with Gasteiger partial charge in [-0.1, -0.05) is 38.2 Å². The number of hydrogen-bond acceptors (Lipinski definition) is 6. The topological polar surface area (TPSA) is 85.2 Å². The van der Waals surface area contributed by atoms with E-state index in [1.54, 1.807) is 6.92 Å². The lowest BCUT2D eigenvalue weighted by molar-refractivity contribution is -0.171. The molecule has 1 spiro atoms. The molecule has 33 heavy (non-hydrogen) atoms. The Labute approximate surface area is 198 Å². The van der Waals surface area contributed by atoms with Crippen molar-refractivity contribution in [1.82, 2.24) is 0 Å². The van der Waals surface area contributed by atoms with Crippen LogP contribution in [-0.4, -0.2) is 59.4 Å². The first-order chi connectivity index (χ1) is 15.5. The van der Waals surface area contributed by atoms with Crippen molar-refractivity contribution in [1.29, 1.82) is 0 Å². The summed E-state index contributed by atoms with van der Waals surface area (Å²) in [4.78, 5) is 12.9. The van der Waals surface area contributed by atoms with E-state index >= 15 is 0 Å². The van der Waals surface area contributed by atoms with Gasteiger partial charge in [0.1, 0.15) is 6.10 Å². The number of hydrogen-bond donors (Lipinski definition) is 2. The summed E-state index contributed by atoms with van der Waals surface area (Å²) in [6.07, 6.45) is 7.73. The van der Waals surface area contributed by atoms with Crippen molar-refractivity contribution in [3.8, 4) is 0 Å². The van der Waals surface area contributed by atoms with Crippen LogP contribution in [0.5, 0.6) is 0 Å². The van der Waals surface area contributed by atoms with Crippen molar-refractivity contribution in [2.45, 2.75) is 90.0 Å². The number of esters is 1. The van der Waals surface area contributed by atoms with E-state index in [1.165, 1.54) is 7.11 Å². The van der Waals surface area contributed by atoms with Crippen LogP contribution in [0.2, 0.25) is 0 Å². The molecule has 6 heteroatoms. The monoisotopic (exact) mass is 462 g/mol. The van der Waals surface area contributed by atoms with Crippen molar-refractivity contribution in [3.63, 3.8) is 0 Å². The normalized spacial score (nSPS) is 41.7. The highest BCUT2D eigenvalue weighted by Gasteiger charge is 2.56. The average Bonchev–Trinajstić information content (AvgIpc) is 3.07. The Morgan fingerprint density at radius 2 is 1.97 bits per heavy atom. The number of carbonyl (C=O) groups excluding carboxylic acids is 1. The Morgan fingerprint density at radius 1 is 1.27 bits per heavy atom. The third kappa shape index (κ3) is 5.00. The molecule has 0 aromatic rings. The number of aliphatic hydroxyl groups excluding tert-OH is 2. The molecule has 3 rings (SSSR count). The number of carbonyl (C=O) groups is 1. The molecule has 1 unspecified atom stereocenters. The number of rotatable bonds is 7. The largest absolute Gasteiger partial charge is 0.457 e. The van der Waals surface area contributed by atoms with E-state index in [1.807, 2.05) is 19.9 Å². The van der Waals surface area contributed by atoms with E-state index in [9.17, 15) is 15.0 Å². The van der Waals surface area contributed by atoms with Crippen LogP contribution in [0.1, 0.15) is 53.9 Å². The third-order valence-corrected chi connectivity index (χ3v) is 8.24. The molecule has 0 aromatic carbocycles. The fourth-order valence-corrected chi connectivity index (χ4v) is 6.12. The quantitative estimate of drug-likeness (QED) is 0.442. The van der Waals surface area contributed by atoms with Crippen molar-refractivity contribution in [3.05, 3.63) is 36.5 Å². The van der Waals surface area contributed by atoms with Gasteiger partial charge in [-0.05, 0) is 57.4 Å². The minimum absolute atomic E-state index is 0.0472. The number of aliphatic hydroxyl groups is 2. The number of allylic oxidation sites excluding steroid dienone is 1. The van der Waals surface area contributed by atoms with Crippen LogP contribution < -0.4 is 0 Å². The van der Waals surface area contributed by atoms with Crippen LogP contribution in [0, 0.1) is 29.6 Å². The van der Waals surface area contributed by atoms with E-state index in [4.69, 9.17) is 14.2 Å². The number of methoxy groups -OCH3 is 1. The fourth-order valence-electron chi connectivity index (χ4n) is 6.12. The lowest BCUT2D eigenvalue weighted by atomic mass is 9.68. The Kier molecular flexibility index (Phi) is 8.26. The first-order valence-corrected chi connectivity index (χ1v) is 12.3. The van der Waals surface area contributed by atoms with Crippen LogP contribution in [0.4, 0.5) is 0 Å². The summed E-state index contributed by atoms with van der Waals surface area (Å²) in [5, 5.41) is 20.7. The molecule has 2 heterocycles. The molecule has 1 saturated heterocycles. The maximum Gasteiger partial charge on any atom is 0.335 e. The number of cyclic esters (lactones) is 1. The zero-order valence-corrected chi connectivity index (χ0v) is 20.9. The van der Waals surface area contributed by atoms with Crippen molar-refractivity contribution >= 4 is 5.97 Å². The van der Waals surface area contributed by atoms with Gasteiger partial charge in [-0.25, -0.2) is 4.79 Å². The van der Waals surface area contributed by atoms with E-state index in [-0.39, 0.29) is 35.7 Å². The highest BCUT2D eigenvalue weighted by molar-refractivity contribution is 5.75. The predicted octanol–water partition coefficient (Wildman–Crippen LogP) is 3.82. The van der Waals surface area contributed by atoms with Gasteiger partial charge >= 0.3 is 5.97 Å². The van der Waals surface area contributed by atoms with Gasteiger partial charge in [0, 0.05) is 24.9 Å². The van der Waals surface area contributed by atoms with E-state index in [0.29, 0.717) is 6.42 Å². The van der Waals surface area contributed by atoms with Crippen LogP contribution in [0.3, 0.4) is 0 Å². The maximum atomic E-state index is 12.9. The molecule has 11 atom stereocenters. The molecule has 0 radical (unpaired) electrons. The summed E-state index contributed by atoms with van der Waals surface area (Å²) in [6.45, 7) is 13.6. The Bertz CT molecular complexity index is 771. The SMILES string of the molecule is C=CC[C@H](C(C)[C@H](C)O)[C@@H]1O[C@]23C[C@H]1C=C[C@@H]2C[C@H](OC)C(=O)O[C@H]([C@@H](C)O)[C@H](C)/C=C/3C. The summed E-state index contributed by atoms with van der Waals surface area (Å²) < 4.78 is 18.3. The molecule has 0 saturated carbocycles. The summed E-state index contributed by atoms with van der Waals surface area (Å²) in [5.74, 6) is -0.282. The second-order valence-corrected chi connectivity index (χ2v) is 10.4. The molecule has 0 aromatic heterocycles. The third-order valence-electron chi connectivity index (χ3n) is 8.24. The van der Waals surface area contributed by atoms with Crippen LogP contribution >= 0.6 is 0 Å². The molecule has 1 aliphatic carbocycles. The molecular formula is C27H42O6. The Balaban J connectivity index is 2.05. The maximum absolute atomic E-state index is 12.9. The molecule has 2 aliphatic heterocycles. The van der Waals surface area contributed by atoms with Gasteiger partial charge in [-0.2, -0.15) is 0 Å². The smallest absolute Gasteiger partial charge is 0.335 e. The Morgan fingerprint density at radius 3 is 2.55 bits per heavy atom. The van der Waals surface area contributed by atoms with Gasteiger partial charge in [-0.15, -0.1) is 6.58 Å². The molecule has 0 amide bonds. The lowest BCUT2D eigenvalue weighted by Crippen LogP contribution is -2.46. The first kappa shape index (κ1) is 26.1. The summed E-state index contributed by atoms with van der Waals surface area (Å²) in [6, 6.07) is 0. The standard InChI is InChI=1S/C27H42O6/c1-8-9-22(17(4)18(5)28)25-20-10-11-21-13-23(31-7)26(30)32-24(19(6)29)15(2)12-16(3)27(21,14-20)33-25/h8,10-12,15,17-25,28-29H,1,9,13-14H2,2-7H3/b16-12+/t15-,17?,18+,19-,20-,21-,22-,23+,24+,25-,27+/m1/s1. The molecular weight excluding hydrogens is 420 g/mol. The van der Waals surface area contributed by atoms with E-state index in [2.05, 4.69) is 38.7 Å². The predicted molar refractivity (Wildman–Crippen MR) is 127 cm³/mol. The Hall–Kier alpha value is -1.47. The summed E-state index contributed by atoms with van der Waals surface area (Å²) in [5.41, 5.74) is 0.533. The fraction of sp³-hybridized carbons (Fsp3) is 0.741. The molecule has 6 nitrogen and oxygen atoms in total. The number of fused-ring (bicyclic) bond motifs is 1. The molecule has 2 bridgehead atoms. The lowest BCUT2D eigenvalue weighted by Gasteiger charge is -2.41. The second-order valence-electron chi connectivity index (χ2n) is 10.4. The second kappa shape index (κ2) is 10.4. The summed E-state index contributed by atoms with van der Waals surface area (Å²) in [7, 11) is 1.52. The highest BCUT2D eigenvalue weighted by atomic mass is 16.6. The number of ether oxygens (including phenoxy) is 3. The van der Waals surface area contributed by atoms with Gasteiger partial charge in [0.2, 0.25) is 0 Å². The first-order valence-electron chi connectivity index (χ1n) is 12.3. The van der Waals surface area contributed by atoms with Crippen LogP contribution in [0.15, 0.2) is 36.5 Å². The zero-order valence-electron chi connectivity index (χ0n) is 20.9. The van der Waals surface area contributed by atoms with E-state index in [0.717, 1.165) is 18.4 Å². The zero-order chi connectivity index (χ0) is 24.5. The van der Waals surface area contributed by atoms with Crippen LogP contribution in [-0.2, 0) is 19.0 Å². The van der Waals surface area contributed by atoms with Crippen molar-refractivity contribution < 1.29 is 29.2 Å². The van der Waals surface area contributed by atoms with Gasteiger partial charge in [0.25, 0.3) is 0 Å². The summed E-state index contributed by atoms with van der Waals surface area (Å²) >= 11 is 0. The minimum atomic E-state index is -0.807. The van der Waals surface area contributed by atoms with Crippen molar-refractivity contribution in [2.24, 2.45) is 29.6 Å². The molecule has 186 valence electrons. The van der Waals surface area contributed by atoms with Crippen molar-refractivity contribution in [2.75, 3.05) is 7.11 Å². The van der Waals surface area contributed by atoms with Gasteiger partial charge < -0.3 is 24.4 Å². The average molecular weight is 463 g/mol. The molecule has 2 N–H and O–H groups in total. The highest BCUT2D eigenvalue weighted by Crippen LogP contribution is 2.54. The van der Waals surface area contributed by atoms with Gasteiger partial charge in [-0.3, -0.25) is 0 Å². The van der Waals surface area contributed by atoms with E-state index < -0.39 is 36.0 Å². The minimum Gasteiger partial charge on any atom is -0.457 e. The van der Waals surface area contributed by atoms with Gasteiger partial charge in [0.15, 0.2) is 6.10 Å². The van der Waals surface area contributed by atoms with Crippen LogP contribution in [0.25, 0.3) is 0 Å². The van der Waals surface area contributed by atoms with Gasteiger partial charge in [0.05, 0.1) is 23.9 Å².